The number of allylic oxidation sites excluding steroid dienone is 2. The van der Waals surface area contributed by atoms with Gasteiger partial charge in [0.1, 0.15) is 0 Å². The van der Waals surface area contributed by atoms with Crippen molar-refractivity contribution in [1.82, 2.24) is 15.0 Å². The molecule has 2 saturated carbocycles. The van der Waals surface area contributed by atoms with Gasteiger partial charge in [0, 0.05) is 19.2 Å². The highest BCUT2D eigenvalue weighted by atomic mass is 16.4. The predicted molar refractivity (Wildman–Crippen MR) is 85.7 cm³/mol. The zero-order valence-electron chi connectivity index (χ0n) is 13.5. The summed E-state index contributed by atoms with van der Waals surface area (Å²) >= 11 is 0. The lowest BCUT2D eigenvalue weighted by Crippen LogP contribution is -2.34. The van der Waals surface area contributed by atoms with Crippen LogP contribution in [-0.2, 0) is 17.8 Å². The second-order valence-electron chi connectivity index (χ2n) is 7.84. The molecule has 0 spiro atoms. The number of carbonyl (C=O) groups is 1. The summed E-state index contributed by atoms with van der Waals surface area (Å²) in [6.45, 7) is 0.944. The van der Waals surface area contributed by atoms with Crippen LogP contribution in [0.2, 0.25) is 0 Å². The molecule has 5 heteroatoms. The second-order valence-corrected chi connectivity index (χ2v) is 7.84. The summed E-state index contributed by atoms with van der Waals surface area (Å²) in [5, 5.41) is 18.2. The van der Waals surface area contributed by atoms with E-state index in [0.29, 0.717) is 19.3 Å². The fraction of sp³-hybridized carbons (Fsp3) is 0.722. The minimum Gasteiger partial charge on any atom is -0.481 e. The molecule has 1 aromatic rings. The number of carboxylic acids is 1. The molecule has 0 radical (unpaired) electrons. The van der Waals surface area contributed by atoms with Crippen LogP contribution in [0.15, 0.2) is 18.3 Å². The first kappa shape index (κ1) is 14.9. The molecule has 124 valence electrons. The third-order valence-corrected chi connectivity index (χ3v) is 6.32. The molecule has 1 N–H and O–H groups in total. The molecule has 0 saturated heterocycles. The second kappa shape index (κ2) is 5.77. The highest BCUT2D eigenvalue weighted by Gasteiger charge is 2.41. The van der Waals surface area contributed by atoms with Crippen molar-refractivity contribution >= 4 is 5.97 Å². The van der Waals surface area contributed by atoms with Gasteiger partial charge >= 0.3 is 5.97 Å². The minimum absolute atomic E-state index is 0.489. The maximum absolute atomic E-state index is 11.8. The Morgan fingerprint density at radius 1 is 1.30 bits per heavy atom. The van der Waals surface area contributed by atoms with E-state index in [-0.39, 0.29) is 0 Å². The molecule has 3 aliphatic carbocycles. The smallest absolute Gasteiger partial charge is 0.310 e. The summed E-state index contributed by atoms with van der Waals surface area (Å²) in [5.41, 5.74) is 0.130. The van der Waals surface area contributed by atoms with Crippen LogP contribution in [0.4, 0.5) is 0 Å². The van der Waals surface area contributed by atoms with Gasteiger partial charge in [-0.3, -0.25) is 9.48 Å². The van der Waals surface area contributed by atoms with E-state index >= 15 is 0 Å². The summed E-state index contributed by atoms with van der Waals surface area (Å²) in [4.78, 5) is 11.8. The zero-order valence-corrected chi connectivity index (χ0v) is 13.5. The Hall–Kier alpha value is -1.65. The van der Waals surface area contributed by atoms with E-state index in [2.05, 4.69) is 16.4 Å². The molecular weight excluding hydrogens is 290 g/mol. The summed E-state index contributed by atoms with van der Waals surface area (Å²) in [6.07, 6.45) is 14.2. The van der Waals surface area contributed by atoms with Crippen LogP contribution in [0.3, 0.4) is 0 Å². The average molecular weight is 315 g/mol. The number of hydrogen-bond donors (Lipinski definition) is 1. The molecule has 0 amide bonds. The molecule has 2 unspecified atom stereocenters. The van der Waals surface area contributed by atoms with E-state index in [1.54, 1.807) is 0 Å². The lowest BCUT2D eigenvalue weighted by molar-refractivity contribution is -0.149. The van der Waals surface area contributed by atoms with E-state index in [4.69, 9.17) is 0 Å². The molecule has 1 heterocycles. The molecule has 5 nitrogen and oxygen atoms in total. The summed E-state index contributed by atoms with van der Waals surface area (Å²) in [7, 11) is 0. The Kier molecular flexibility index (Phi) is 3.74. The van der Waals surface area contributed by atoms with Crippen molar-refractivity contribution in [3.05, 3.63) is 24.0 Å². The number of carboxylic acid groups (broad SMARTS) is 1. The highest BCUT2D eigenvalue weighted by molar-refractivity contribution is 5.75. The van der Waals surface area contributed by atoms with Crippen molar-refractivity contribution < 1.29 is 9.90 Å². The maximum Gasteiger partial charge on any atom is 0.310 e. The van der Waals surface area contributed by atoms with Crippen LogP contribution in [0, 0.1) is 23.2 Å². The molecule has 0 bridgehead atoms. The third-order valence-electron chi connectivity index (χ3n) is 6.32. The SMILES string of the molecule is O=C(O)C1(Cc2cn(CC3C[C@H]4CC[C@H]4C3)nn2)CC=CCC1. The molecule has 4 rings (SSSR count). The van der Waals surface area contributed by atoms with E-state index in [9.17, 15) is 9.90 Å². The Morgan fingerprint density at radius 3 is 2.70 bits per heavy atom. The lowest BCUT2D eigenvalue weighted by atomic mass is 9.74. The van der Waals surface area contributed by atoms with Gasteiger partial charge in [-0.25, -0.2) is 0 Å². The van der Waals surface area contributed by atoms with Gasteiger partial charge in [0.05, 0.1) is 11.1 Å². The van der Waals surface area contributed by atoms with Gasteiger partial charge in [-0.05, 0) is 62.7 Å². The van der Waals surface area contributed by atoms with Gasteiger partial charge in [0.25, 0.3) is 0 Å². The van der Waals surface area contributed by atoms with E-state index in [0.717, 1.165) is 36.4 Å². The van der Waals surface area contributed by atoms with Gasteiger partial charge < -0.3 is 5.11 Å². The summed E-state index contributed by atoms with van der Waals surface area (Å²) in [5.74, 6) is 1.96. The zero-order chi connectivity index (χ0) is 15.9. The van der Waals surface area contributed by atoms with Crippen LogP contribution in [0.5, 0.6) is 0 Å². The van der Waals surface area contributed by atoms with Crippen LogP contribution in [-0.4, -0.2) is 26.1 Å². The molecule has 0 aromatic carbocycles. The fourth-order valence-electron chi connectivity index (χ4n) is 4.80. The standard InChI is InChI=1S/C18H25N3O2/c22-17(23)18(6-2-1-3-7-18)10-16-12-21(20-19-16)11-13-8-14-4-5-15(14)9-13/h1-2,12-15H,3-11H2,(H,22,23)/t13?,14-,15+,18?. The molecule has 3 aliphatic rings. The van der Waals surface area contributed by atoms with Gasteiger partial charge in [0.2, 0.25) is 0 Å². The molecule has 1 aromatic heterocycles. The Bertz CT molecular complexity index is 612. The van der Waals surface area contributed by atoms with E-state index in [1.165, 1.54) is 25.7 Å². The number of aromatic nitrogens is 3. The highest BCUT2D eigenvalue weighted by Crippen LogP contribution is 2.49. The van der Waals surface area contributed by atoms with Crippen LogP contribution < -0.4 is 0 Å². The Labute approximate surface area is 136 Å². The number of nitrogens with zero attached hydrogens (tertiary/aromatic N) is 3. The first-order valence-electron chi connectivity index (χ1n) is 8.92. The molecular formula is C18H25N3O2. The molecule has 2 fully saturated rings. The van der Waals surface area contributed by atoms with E-state index < -0.39 is 11.4 Å². The van der Waals surface area contributed by atoms with Crippen LogP contribution in [0.1, 0.15) is 50.6 Å². The minimum atomic E-state index is -0.705. The Balaban J connectivity index is 1.41. The topological polar surface area (TPSA) is 68.0 Å². The quantitative estimate of drug-likeness (QED) is 0.848. The number of fused-ring (bicyclic) bond motifs is 1. The van der Waals surface area contributed by atoms with Crippen molar-refractivity contribution in [3.63, 3.8) is 0 Å². The van der Waals surface area contributed by atoms with Crippen molar-refractivity contribution in [3.8, 4) is 0 Å². The van der Waals surface area contributed by atoms with Gasteiger partial charge in [-0.15, -0.1) is 5.10 Å². The largest absolute Gasteiger partial charge is 0.481 e. The van der Waals surface area contributed by atoms with Crippen molar-refractivity contribution in [2.24, 2.45) is 23.2 Å². The first-order valence-corrected chi connectivity index (χ1v) is 8.92. The summed E-state index contributed by atoms with van der Waals surface area (Å²) in [6, 6.07) is 0. The van der Waals surface area contributed by atoms with Crippen LogP contribution >= 0.6 is 0 Å². The molecule has 0 aliphatic heterocycles. The molecule has 4 atom stereocenters. The number of aliphatic carboxylic acids is 1. The number of hydrogen-bond acceptors (Lipinski definition) is 3. The monoisotopic (exact) mass is 315 g/mol. The maximum atomic E-state index is 11.8. The third kappa shape index (κ3) is 2.81. The lowest BCUT2D eigenvalue weighted by Gasteiger charge is -2.29. The number of rotatable bonds is 5. The van der Waals surface area contributed by atoms with E-state index in [1.807, 2.05) is 17.0 Å². The van der Waals surface area contributed by atoms with Crippen molar-refractivity contribution in [1.29, 1.82) is 0 Å². The van der Waals surface area contributed by atoms with Gasteiger partial charge in [-0.1, -0.05) is 17.4 Å². The van der Waals surface area contributed by atoms with Gasteiger partial charge in [0.15, 0.2) is 0 Å². The normalized spacial score (nSPS) is 35.7. The first-order chi connectivity index (χ1) is 11.1. The van der Waals surface area contributed by atoms with Crippen molar-refractivity contribution in [2.75, 3.05) is 0 Å². The van der Waals surface area contributed by atoms with Gasteiger partial charge in [-0.2, -0.15) is 0 Å². The summed E-state index contributed by atoms with van der Waals surface area (Å²) < 4.78 is 1.94. The van der Waals surface area contributed by atoms with Crippen LogP contribution in [0.25, 0.3) is 0 Å². The predicted octanol–water partition coefficient (Wildman–Crippen LogP) is 3.07. The molecule has 23 heavy (non-hydrogen) atoms. The fourth-order valence-corrected chi connectivity index (χ4v) is 4.80. The van der Waals surface area contributed by atoms with Crippen molar-refractivity contribution in [2.45, 2.75) is 57.9 Å². The Morgan fingerprint density at radius 2 is 2.09 bits per heavy atom. The average Bonchev–Trinajstić information content (AvgIpc) is 3.06.